The number of amides is 1. The normalized spacial score (nSPS) is 25.7. The number of carbonyl (C=O) groups excluding carboxylic acids is 1. The van der Waals surface area contributed by atoms with Crippen molar-refractivity contribution in [2.24, 2.45) is 5.92 Å². The van der Waals surface area contributed by atoms with E-state index in [-0.39, 0.29) is 11.8 Å². The minimum atomic E-state index is -1.22. The van der Waals surface area contributed by atoms with Crippen LogP contribution in [0.15, 0.2) is 34.2 Å². The van der Waals surface area contributed by atoms with Gasteiger partial charge in [0.05, 0.1) is 29.7 Å². The first-order valence-corrected chi connectivity index (χ1v) is 10.9. The summed E-state index contributed by atoms with van der Waals surface area (Å²) < 4.78 is 26.2. The molecule has 1 aromatic rings. The Hall–Kier alpha value is -1.90. The fourth-order valence-corrected chi connectivity index (χ4v) is 5.64. The highest BCUT2D eigenvalue weighted by atomic mass is 32.2. The van der Waals surface area contributed by atoms with Crippen molar-refractivity contribution >= 4 is 22.6 Å². The molecule has 0 aliphatic carbocycles. The molecule has 4 heterocycles. The molecule has 4 aliphatic rings. The summed E-state index contributed by atoms with van der Waals surface area (Å²) in [4.78, 5) is 17.5. The Labute approximate surface area is 167 Å². The Morgan fingerprint density at radius 2 is 1.93 bits per heavy atom. The highest BCUT2D eigenvalue weighted by Crippen LogP contribution is 2.35. The third kappa shape index (κ3) is 3.13. The van der Waals surface area contributed by atoms with E-state index in [1.54, 1.807) is 0 Å². The molecule has 0 bridgehead atoms. The van der Waals surface area contributed by atoms with Crippen molar-refractivity contribution in [1.82, 2.24) is 9.21 Å². The molecule has 0 saturated carbocycles. The van der Waals surface area contributed by atoms with Crippen LogP contribution in [0.4, 0.5) is 5.69 Å². The van der Waals surface area contributed by atoms with E-state index in [1.165, 1.54) is 11.1 Å². The lowest BCUT2D eigenvalue weighted by molar-refractivity contribution is -0.134. The van der Waals surface area contributed by atoms with Gasteiger partial charge in [0.25, 0.3) is 0 Å². The first-order chi connectivity index (χ1) is 13.6. The molecule has 7 nitrogen and oxygen atoms in total. The van der Waals surface area contributed by atoms with Crippen LogP contribution in [-0.4, -0.2) is 78.9 Å². The van der Waals surface area contributed by atoms with Crippen LogP contribution in [0.3, 0.4) is 0 Å². The second kappa shape index (κ2) is 7.17. The van der Waals surface area contributed by atoms with Gasteiger partial charge in [-0.15, -0.1) is 0 Å². The number of nitrogens with zero attached hydrogens (tertiary/aromatic N) is 3. The van der Waals surface area contributed by atoms with Gasteiger partial charge in [-0.3, -0.25) is 4.79 Å². The number of carbonyl (C=O) groups is 1. The number of hydrogen-bond donors (Lipinski definition) is 0. The lowest BCUT2D eigenvalue weighted by Crippen LogP contribution is -2.38. The highest BCUT2D eigenvalue weighted by Gasteiger charge is 2.37. The van der Waals surface area contributed by atoms with Crippen molar-refractivity contribution < 1.29 is 18.5 Å². The number of hydrogen-bond acceptors (Lipinski definition) is 5. The maximum absolute atomic E-state index is 13.1. The third-order valence-electron chi connectivity index (χ3n) is 6.05. The van der Waals surface area contributed by atoms with Crippen LogP contribution < -0.4 is 9.64 Å². The molecular formula is C20H25N3O4S. The summed E-state index contributed by atoms with van der Waals surface area (Å²) in [5.74, 6) is 1.07. The molecule has 1 amide bonds. The second-order valence-electron chi connectivity index (χ2n) is 7.91. The number of fused-ring (bicyclic) bond motifs is 1. The number of ether oxygens (including phenoxy) is 2. The molecule has 0 spiro atoms. The van der Waals surface area contributed by atoms with Crippen LogP contribution in [0.25, 0.3) is 0 Å². The first kappa shape index (κ1) is 18.1. The molecule has 0 N–H and O–H groups in total. The Morgan fingerprint density at radius 3 is 2.64 bits per heavy atom. The molecule has 1 aromatic carbocycles. The van der Waals surface area contributed by atoms with Crippen molar-refractivity contribution in [3.8, 4) is 5.75 Å². The second-order valence-corrected chi connectivity index (χ2v) is 9.39. The van der Waals surface area contributed by atoms with Gasteiger partial charge in [-0.25, -0.2) is 8.51 Å². The predicted molar refractivity (Wildman–Crippen MR) is 106 cm³/mol. The molecule has 1 saturated heterocycles. The van der Waals surface area contributed by atoms with Crippen molar-refractivity contribution in [2.45, 2.75) is 11.3 Å². The van der Waals surface area contributed by atoms with E-state index in [9.17, 15) is 9.00 Å². The minimum Gasteiger partial charge on any atom is -0.490 e. The lowest BCUT2D eigenvalue weighted by atomic mass is 10.1. The van der Waals surface area contributed by atoms with Gasteiger partial charge >= 0.3 is 0 Å². The molecule has 0 radical (unpaired) electrons. The number of benzene rings is 1. The molecule has 0 aromatic heterocycles. The maximum atomic E-state index is 13.1. The Bertz CT molecular complexity index is 847. The highest BCUT2D eigenvalue weighted by molar-refractivity contribution is 7.82. The van der Waals surface area contributed by atoms with Crippen molar-refractivity contribution in [3.63, 3.8) is 0 Å². The van der Waals surface area contributed by atoms with Gasteiger partial charge < -0.3 is 19.3 Å². The Balaban J connectivity index is 1.24. The zero-order chi connectivity index (χ0) is 19.3. The smallest absolute Gasteiger partial charge is 0.228 e. The van der Waals surface area contributed by atoms with Gasteiger partial charge in [-0.1, -0.05) is 0 Å². The summed E-state index contributed by atoms with van der Waals surface area (Å²) in [6.45, 7) is 5.40. The summed E-state index contributed by atoms with van der Waals surface area (Å²) in [6.07, 6.45) is 0.826. The topological polar surface area (TPSA) is 62.3 Å². The summed E-state index contributed by atoms with van der Waals surface area (Å²) in [5.41, 5.74) is 3.49. The van der Waals surface area contributed by atoms with E-state index in [1.807, 2.05) is 34.5 Å². The first-order valence-electron chi connectivity index (χ1n) is 9.81. The van der Waals surface area contributed by atoms with Gasteiger partial charge in [0.2, 0.25) is 5.91 Å². The van der Waals surface area contributed by atoms with Gasteiger partial charge in [-0.05, 0) is 35.8 Å². The predicted octanol–water partition coefficient (Wildman–Crippen LogP) is 1.03. The van der Waals surface area contributed by atoms with Gasteiger partial charge in [0.1, 0.15) is 23.3 Å². The van der Waals surface area contributed by atoms with E-state index < -0.39 is 11.0 Å². The van der Waals surface area contributed by atoms with E-state index >= 15 is 0 Å². The molecular weight excluding hydrogens is 378 g/mol. The summed E-state index contributed by atoms with van der Waals surface area (Å²) in [6, 6.07) is 5.79. The zero-order valence-corrected chi connectivity index (χ0v) is 16.9. The third-order valence-corrected chi connectivity index (χ3v) is 7.43. The van der Waals surface area contributed by atoms with Crippen molar-refractivity contribution in [2.75, 3.05) is 64.5 Å². The van der Waals surface area contributed by atoms with Crippen LogP contribution in [-0.2, 0) is 20.5 Å². The van der Waals surface area contributed by atoms with Crippen LogP contribution in [0.1, 0.15) is 6.42 Å². The fraction of sp³-hybridized carbons (Fsp3) is 0.550. The SMILES string of the molecule is CN1CCOc2ccc(S(=O)N3CC4=C(CN(C(=O)C5CCOC5)C4)C3)cc21. The molecule has 5 rings (SSSR count). The zero-order valence-electron chi connectivity index (χ0n) is 16.1. The van der Waals surface area contributed by atoms with E-state index in [4.69, 9.17) is 9.47 Å². The summed E-state index contributed by atoms with van der Waals surface area (Å²) in [5, 5.41) is 0. The van der Waals surface area contributed by atoms with Crippen LogP contribution in [0.5, 0.6) is 5.75 Å². The summed E-state index contributed by atoms with van der Waals surface area (Å²) >= 11 is 0. The van der Waals surface area contributed by atoms with Crippen LogP contribution >= 0.6 is 0 Å². The van der Waals surface area contributed by atoms with Gasteiger partial charge in [0.15, 0.2) is 0 Å². The maximum Gasteiger partial charge on any atom is 0.228 e. The Morgan fingerprint density at radius 1 is 1.14 bits per heavy atom. The molecule has 150 valence electrons. The van der Waals surface area contributed by atoms with E-state index in [0.717, 1.165) is 29.3 Å². The average molecular weight is 404 g/mol. The average Bonchev–Trinajstić information content (AvgIpc) is 3.43. The van der Waals surface area contributed by atoms with Crippen molar-refractivity contribution in [3.05, 3.63) is 29.3 Å². The molecule has 2 atom stereocenters. The van der Waals surface area contributed by atoms with E-state index in [2.05, 4.69) is 4.90 Å². The Kier molecular flexibility index (Phi) is 4.65. The van der Waals surface area contributed by atoms with Gasteiger partial charge in [0, 0.05) is 39.8 Å². The monoisotopic (exact) mass is 403 g/mol. The van der Waals surface area contributed by atoms with Gasteiger partial charge in [-0.2, -0.15) is 0 Å². The molecule has 2 unspecified atom stereocenters. The fourth-order valence-electron chi connectivity index (χ4n) is 4.39. The standard InChI is InChI=1S/C20H25N3O4S/c1-21-5-7-27-19-3-2-17(8-18(19)21)28(25)23-11-15-9-22(10-16(15)12-23)20(24)14-4-6-26-13-14/h2-3,8,14H,4-7,9-13H2,1H3. The molecule has 4 aliphatic heterocycles. The quantitative estimate of drug-likeness (QED) is 0.706. The molecule has 28 heavy (non-hydrogen) atoms. The molecule has 8 heteroatoms. The number of rotatable bonds is 3. The lowest BCUT2D eigenvalue weighted by Gasteiger charge is -2.28. The summed E-state index contributed by atoms with van der Waals surface area (Å²) in [7, 11) is 0.810. The van der Waals surface area contributed by atoms with Crippen LogP contribution in [0, 0.1) is 5.92 Å². The number of likely N-dealkylation sites (N-methyl/N-ethyl adjacent to an activating group) is 1. The minimum absolute atomic E-state index is 0.0139. The number of anilines is 1. The molecule has 1 fully saturated rings. The largest absolute Gasteiger partial charge is 0.490 e. The van der Waals surface area contributed by atoms with Crippen LogP contribution in [0.2, 0.25) is 0 Å². The van der Waals surface area contributed by atoms with Crippen molar-refractivity contribution in [1.29, 1.82) is 0 Å². The van der Waals surface area contributed by atoms with E-state index in [0.29, 0.717) is 46.0 Å².